The maximum absolute atomic E-state index is 9.84. The zero-order valence-corrected chi connectivity index (χ0v) is 15.3. The van der Waals surface area contributed by atoms with Gasteiger partial charge >= 0.3 is 11.9 Å². The maximum atomic E-state index is 9.84. The van der Waals surface area contributed by atoms with Gasteiger partial charge in [0.15, 0.2) is 0 Å². The topological polar surface area (TPSA) is 116 Å². The van der Waals surface area contributed by atoms with E-state index in [4.69, 9.17) is 14.9 Å². The molecule has 0 heterocycles. The normalized spacial score (nSPS) is 11.9. The molecular weight excluding hydrogens is 350 g/mol. The number of fused-ring (bicyclic) bond motifs is 1. The van der Waals surface area contributed by atoms with E-state index in [2.05, 4.69) is 31.3 Å². The van der Waals surface area contributed by atoms with Crippen LogP contribution in [0.3, 0.4) is 0 Å². The Balaban J connectivity index is 0.000000387. The molecule has 27 heavy (non-hydrogen) atoms. The Labute approximate surface area is 157 Å². The number of rotatable bonds is 8. The summed E-state index contributed by atoms with van der Waals surface area (Å²) in [7, 11) is 0. The highest BCUT2D eigenvalue weighted by Crippen LogP contribution is 2.25. The standard InChI is InChI=1S/C16H21NO2.C4H4O4/c1-12(2)17-10-14(18)11-19-16-9-5-7-13-6-3-4-8-15(13)16;5-3(6)1-2-4(7)8/h3-9,12,14,17-18H,10-11H2,1-2H3;1-2H,(H,5,6)(H,7,8)/b;2-1-. The van der Waals surface area contributed by atoms with Crippen molar-refractivity contribution in [2.24, 2.45) is 0 Å². The molecule has 0 aliphatic carbocycles. The molecule has 4 N–H and O–H groups in total. The minimum Gasteiger partial charge on any atom is -0.490 e. The van der Waals surface area contributed by atoms with Gasteiger partial charge in [-0.2, -0.15) is 0 Å². The Kier molecular flexibility index (Phi) is 9.57. The van der Waals surface area contributed by atoms with Gasteiger partial charge in [0.25, 0.3) is 0 Å². The van der Waals surface area contributed by atoms with E-state index in [1.807, 2.05) is 30.3 Å². The molecule has 0 aromatic heterocycles. The zero-order chi connectivity index (χ0) is 20.2. The number of aliphatic hydroxyl groups excluding tert-OH is 1. The quantitative estimate of drug-likeness (QED) is 0.523. The van der Waals surface area contributed by atoms with Gasteiger partial charge in [-0.3, -0.25) is 0 Å². The molecule has 0 aliphatic heterocycles. The van der Waals surface area contributed by atoms with Gasteiger partial charge in [0, 0.05) is 30.1 Å². The average molecular weight is 375 g/mol. The summed E-state index contributed by atoms with van der Waals surface area (Å²) in [6, 6.07) is 14.4. The van der Waals surface area contributed by atoms with Gasteiger partial charge in [0.05, 0.1) is 0 Å². The van der Waals surface area contributed by atoms with Gasteiger partial charge in [-0.25, -0.2) is 9.59 Å². The third-order valence-electron chi connectivity index (χ3n) is 3.31. The minimum absolute atomic E-state index is 0.299. The monoisotopic (exact) mass is 375 g/mol. The van der Waals surface area contributed by atoms with Crippen molar-refractivity contribution in [3.8, 4) is 5.75 Å². The van der Waals surface area contributed by atoms with Crippen LogP contribution in [0, 0.1) is 0 Å². The van der Waals surface area contributed by atoms with Crippen molar-refractivity contribution in [3.05, 3.63) is 54.6 Å². The van der Waals surface area contributed by atoms with Crippen LogP contribution in [-0.4, -0.2) is 52.6 Å². The molecule has 0 saturated heterocycles. The Morgan fingerprint density at radius 1 is 1.04 bits per heavy atom. The highest BCUT2D eigenvalue weighted by atomic mass is 16.5. The molecule has 2 rings (SSSR count). The van der Waals surface area contributed by atoms with Crippen molar-refractivity contribution in [1.29, 1.82) is 0 Å². The lowest BCUT2D eigenvalue weighted by atomic mass is 10.1. The van der Waals surface area contributed by atoms with Crippen LogP contribution in [0.25, 0.3) is 10.8 Å². The van der Waals surface area contributed by atoms with Crippen molar-refractivity contribution in [2.45, 2.75) is 26.0 Å². The number of carboxylic acids is 2. The second-order valence-electron chi connectivity index (χ2n) is 6.01. The van der Waals surface area contributed by atoms with E-state index in [1.165, 1.54) is 0 Å². The molecular formula is C20H25NO6. The lowest BCUT2D eigenvalue weighted by molar-refractivity contribution is -0.134. The smallest absolute Gasteiger partial charge is 0.328 e. The molecule has 0 spiro atoms. The Bertz CT molecular complexity index is 751. The van der Waals surface area contributed by atoms with Crippen molar-refractivity contribution in [2.75, 3.05) is 13.2 Å². The second-order valence-corrected chi connectivity index (χ2v) is 6.01. The van der Waals surface area contributed by atoms with Crippen molar-refractivity contribution < 1.29 is 29.6 Å². The van der Waals surface area contributed by atoms with Gasteiger partial charge < -0.3 is 25.4 Å². The molecule has 1 unspecified atom stereocenters. The number of ether oxygens (including phenoxy) is 1. The molecule has 1 atom stereocenters. The molecule has 0 radical (unpaired) electrons. The lowest BCUT2D eigenvalue weighted by Gasteiger charge is -2.15. The third-order valence-corrected chi connectivity index (χ3v) is 3.31. The van der Waals surface area contributed by atoms with Crippen LogP contribution in [0.1, 0.15) is 13.8 Å². The minimum atomic E-state index is -1.26. The van der Waals surface area contributed by atoms with Gasteiger partial charge in [0.1, 0.15) is 18.5 Å². The molecule has 2 aromatic rings. The van der Waals surface area contributed by atoms with Crippen LogP contribution in [0.4, 0.5) is 0 Å². The zero-order valence-electron chi connectivity index (χ0n) is 15.3. The summed E-state index contributed by atoms with van der Waals surface area (Å²) < 4.78 is 5.72. The molecule has 7 nitrogen and oxygen atoms in total. The van der Waals surface area contributed by atoms with Crippen molar-refractivity contribution in [3.63, 3.8) is 0 Å². The fourth-order valence-electron chi connectivity index (χ4n) is 2.08. The van der Waals surface area contributed by atoms with E-state index < -0.39 is 18.0 Å². The van der Waals surface area contributed by atoms with E-state index in [-0.39, 0.29) is 0 Å². The number of hydrogen-bond donors (Lipinski definition) is 4. The Hall–Kier alpha value is -2.90. The van der Waals surface area contributed by atoms with Crippen LogP contribution in [0.15, 0.2) is 54.6 Å². The van der Waals surface area contributed by atoms with Crippen LogP contribution < -0.4 is 10.1 Å². The van der Waals surface area contributed by atoms with Gasteiger partial charge in [0.2, 0.25) is 0 Å². The molecule has 0 aliphatic rings. The van der Waals surface area contributed by atoms with Crippen LogP contribution >= 0.6 is 0 Å². The molecule has 0 fully saturated rings. The van der Waals surface area contributed by atoms with Crippen LogP contribution in [0.2, 0.25) is 0 Å². The predicted octanol–water partition coefficient (Wildman–Crippen LogP) is 2.29. The predicted molar refractivity (Wildman–Crippen MR) is 103 cm³/mol. The number of benzene rings is 2. The molecule has 0 bridgehead atoms. The summed E-state index contributed by atoms with van der Waals surface area (Å²) in [5, 5.41) is 30.9. The number of carboxylic acid groups (broad SMARTS) is 2. The summed E-state index contributed by atoms with van der Waals surface area (Å²) in [6.07, 6.45) is 0.617. The summed E-state index contributed by atoms with van der Waals surface area (Å²) in [5.74, 6) is -1.69. The molecule has 0 saturated carbocycles. The van der Waals surface area contributed by atoms with E-state index in [1.54, 1.807) is 0 Å². The summed E-state index contributed by atoms with van der Waals surface area (Å²) >= 11 is 0. The van der Waals surface area contributed by atoms with E-state index in [9.17, 15) is 14.7 Å². The Morgan fingerprint density at radius 2 is 1.63 bits per heavy atom. The fraction of sp³-hybridized carbons (Fsp3) is 0.300. The largest absolute Gasteiger partial charge is 0.490 e. The summed E-state index contributed by atoms with van der Waals surface area (Å²) in [4.78, 5) is 19.1. The number of aliphatic carboxylic acids is 2. The number of hydrogen-bond acceptors (Lipinski definition) is 5. The molecule has 2 aromatic carbocycles. The Morgan fingerprint density at radius 3 is 2.22 bits per heavy atom. The maximum Gasteiger partial charge on any atom is 0.328 e. The highest BCUT2D eigenvalue weighted by Gasteiger charge is 2.07. The molecule has 146 valence electrons. The van der Waals surface area contributed by atoms with Crippen molar-refractivity contribution in [1.82, 2.24) is 5.32 Å². The SMILES string of the molecule is CC(C)NCC(O)COc1cccc2ccccc12.O=C(O)/C=C\C(=O)O. The number of aliphatic hydroxyl groups is 1. The fourth-order valence-corrected chi connectivity index (χ4v) is 2.08. The first-order valence-corrected chi connectivity index (χ1v) is 8.45. The van der Waals surface area contributed by atoms with Crippen molar-refractivity contribution >= 4 is 22.7 Å². The van der Waals surface area contributed by atoms with E-state index in [0.717, 1.165) is 16.5 Å². The number of carbonyl (C=O) groups is 2. The van der Waals surface area contributed by atoms with Crippen LogP contribution in [0.5, 0.6) is 5.75 Å². The first-order valence-electron chi connectivity index (χ1n) is 8.45. The number of nitrogens with one attached hydrogen (secondary N) is 1. The van der Waals surface area contributed by atoms with Gasteiger partial charge in [-0.15, -0.1) is 0 Å². The lowest BCUT2D eigenvalue weighted by Crippen LogP contribution is -2.35. The second kappa shape index (κ2) is 11.7. The molecule has 7 heteroatoms. The third kappa shape index (κ3) is 9.39. The van der Waals surface area contributed by atoms with Gasteiger partial charge in [-0.1, -0.05) is 50.2 Å². The summed E-state index contributed by atoms with van der Waals surface area (Å²) in [5.41, 5.74) is 0. The first-order chi connectivity index (χ1) is 12.8. The van der Waals surface area contributed by atoms with Crippen LogP contribution in [-0.2, 0) is 9.59 Å². The average Bonchev–Trinajstić information content (AvgIpc) is 2.63. The van der Waals surface area contributed by atoms with E-state index >= 15 is 0 Å². The first kappa shape index (κ1) is 22.1. The van der Waals surface area contributed by atoms with Gasteiger partial charge in [-0.05, 0) is 11.5 Å². The summed E-state index contributed by atoms with van der Waals surface area (Å²) in [6.45, 7) is 4.95. The van der Waals surface area contributed by atoms with E-state index in [0.29, 0.717) is 31.3 Å². The molecule has 0 amide bonds. The highest BCUT2D eigenvalue weighted by molar-refractivity contribution is 5.89.